The van der Waals surface area contributed by atoms with Crippen LogP contribution in [0.25, 0.3) is 0 Å². The number of nitrogens with one attached hydrogen (secondary N) is 1. The Labute approximate surface area is 112 Å². The lowest BCUT2D eigenvalue weighted by molar-refractivity contribution is -0.136. The van der Waals surface area contributed by atoms with Gasteiger partial charge in [-0.3, -0.25) is 14.3 Å². The minimum atomic E-state index is -0.162. The molecule has 1 aromatic heterocycles. The summed E-state index contributed by atoms with van der Waals surface area (Å²) in [5.41, 5.74) is 6.03. The van der Waals surface area contributed by atoms with Gasteiger partial charge in [0.2, 0.25) is 11.8 Å². The van der Waals surface area contributed by atoms with Crippen molar-refractivity contribution in [1.29, 1.82) is 0 Å². The molecule has 1 heterocycles. The van der Waals surface area contributed by atoms with Crippen LogP contribution in [-0.2, 0) is 16.1 Å². The summed E-state index contributed by atoms with van der Waals surface area (Å²) in [5.74, 6) is -0.324. The second-order valence-electron chi connectivity index (χ2n) is 4.60. The Morgan fingerprint density at radius 3 is 2.68 bits per heavy atom. The lowest BCUT2D eigenvalue weighted by Crippen LogP contribution is -2.43. The molecule has 7 heteroatoms. The molecule has 106 valence electrons. The zero-order valence-corrected chi connectivity index (χ0v) is 11.6. The van der Waals surface area contributed by atoms with Crippen LogP contribution in [0.4, 0.5) is 5.69 Å². The highest BCUT2D eigenvalue weighted by Crippen LogP contribution is 2.00. The predicted molar refractivity (Wildman–Crippen MR) is 72.2 cm³/mol. The van der Waals surface area contributed by atoms with E-state index >= 15 is 0 Å². The second-order valence-corrected chi connectivity index (χ2v) is 4.60. The third-order valence-corrected chi connectivity index (χ3v) is 2.47. The number of anilines is 1. The van der Waals surface area contributed by atoms with Crippen LogP contribution < -0.4 is 11.1 Å². The minimum Gasteiger partial charge on any atom is -0.396 e. The quantitative estimate of drug-likeness (QED) is 0.749. The molecule has 3 N–H and O–H groups in total. The van der Waals surface area contributed by atoms with Gasteiger partial charge in [-0.05, 0) is 20.8 Å². The molecule has 19 heavy (non-hydrogen) atoms. The first kappa shape index (κ1) is 15.0. The lowest BCUT2D eigenvalue weighted by Gasteiger charge is -2.21. The van der Waals surface area contributed by atoms with Crippen molar-refractivity contribution in [1.82, 2.24) is 20.0 Å². The van der Waals surface area contributed by atoms with Crippen molar-refractivity contribution >= 4 is 17.5 Å². The van der Waals surface area contributed by atoms with Crippen molar-refractivity contribution in [2.75, 3.05) is 18.8 Å². The smallest absolute Gasteiger partial charge is 0.244 e. The van der Waals surface area contributed by atoms with E-state index in [0.29, 0.717) is 12.2 Å². The largest absolute Gasteiger partial charge is 0.396 e. The SMILES string of the molecule is CCN(CC(=O)NC(C)C)C(=O)Cn1cc(N)cn1. The van der Waals surface area contributed by atoms with E-state index in [4.69, 9.17) is 5.73 Å². The summed E-state index contributed by atoms with van der Waals surface area (Å²) in [4.78, 5) is 25.1. The van der Waals surface area contributed by atoms with Gasteiger partial charge in [-0.25, -0.2) is 0 Å². The molecule has 0 fully saturated rings. The monoisotopic (exact) mass is 267 g/mol. The maximum absolute atomic E-state index is 12.0. The number of nitrogens with zero attached hydrogens (tertiary/aromatic N) is 3. The standard InChI is InChI=1S/C12H21N5O2/c1-4-16(7-11(18)15-9(2)3)12(19)8-17-6-10(13)5-14-17/h5-6,9H,4,7-8,13H2,1-3H3,(H,15,18). The third-order valence-electron chi connectivity index (χ3n) is 2.47. The molecule has 0 spiro atoms. The molecule has 0 unspecified atom stereocenters. The second kappa shape index (κ2) is 6.77. The number of amides is 2. The van der Waals surface area contributed by atoms with E-state index in [1.165, 1.54) is 15.8 Å². The van der Waals surface area contributed by atoms with Gasteiger partial charge in [-0.1, -0.05) is 0 Å². The number of likely N-dealkylation sites (N-methyl/N-ethyl adjacent to an activating group) is 1. The number of nitrogen functional groups attached to an aromatic ring is 1. The van der Waals surface area contributed by atoms with Crippen LogP contribution in [0.2, 0.25) is 0 Å². The molecule has 0 aromatic carbocycles. The summed E-state index contributed by atoms with van der Waals surface area (Å²) in [6.45, 7) is 6.20. The van der Waals surface area contributed by atoms with Crippen molar-refractivity contribution in [3.8, 4) is 0 Å². The molecule has 0 saturated heterocycles. The van der Waals surface area contributed by atoms with Gasteiger partial charge < -0.3 is 16.0 Å². The Hall–Kier alpha value is -2.05. The van der Waals surface area contributed by atoms with Gasteiger partial charge >= 0.3 is 0 Å². The summed E-state index contributed by atoms with van der Waals surface area (Å²) in [6.07, 6.45) is 3.06. The van der Waals surface area contributed by atoms with Gasteiger partial charge in [0.25, 0.3) is 0 Å². The molecule has 2 amide bonds. The summed E-state index contributed by atoms with van der Waals surface area (Å²) in [6, 6.07) is 0.0622. The highest BCUT2D eigenvalue weighted by Gasteiger charge is 2.16. The number of carbonyl (C=O) groups is 2. The van der Waals surface area contributed by atoms with Gasteiger partial charge in [0, 0.05) is 18.8 Å². The number of aromatic nitrogens is 2. The van der Waals surface area contributed by atoms with E-state index < -0.39 is 0 Å². The van der Waals surface area contributed by atoms with Crippen molar-refractivity contribution in [3.05, 3.63) is 12.4 Å². The van der Waals surface area contributed by atoms with Gasteiger partial charge in [0.1, 0.15) is 6.54 Å². The molecule has 0 radical (unpaired) electrons. The molecule has 0 aliphatic rings. The van der Waals surface area contributed by atoms with Gasteiger partial charge in [0.15, 0.2) is 0 Å². The summed E-state index contributed by atoms with van der Waals surface area (Å²) in [7, 11) is 0. The molecule has 0 atom stereocenters. The maximum atomic E-state index is 12.0. The van der Waals surface area contributed by atoms with Gasteiger partial charge in [-0.15, -0.1) is 0 Å². The van der Waals surface area contributed by atoms with Crippen LogP contribution in [0.5, 0.6) is 0 Å². The fourth-order valence-corrected chi connectivity index (χ4v) is 1.62. The van der Waals surface area contributed by atoms with E-state index in [1.807, 2.05) is 20.8 Å². The third kappa shape index (κ3) is 4.99. The Morgan fingerprint density at radius 2 is 2.21 bits per heavy atom. The number of hydrogen-bond acceptors (Lipinski definition) is 4. The first-order chi connectivity index (χ1) is 8.92. The van der Waals surface area contributed by atoms with Crippen molar-refractivity contribution < 1.29 is 9.59 Å². The van der Waals surface area contributed by atoms with Crippen LogP contribution in [-0.4, -0.2) is 45.6 Å². The van der Waals surface area contributed by atoms with E-state index in [1.54, 1.807) is 6.20 Å². The van der Waals surface area contributed by atoms with Crippen molar-refractivity contribution in [3.63, 3.8) is 0 Å². The average Bonchev–Trinajstić information content (AvgIpc) is 2.70. The van der Waals surface area contributed by atoms with Gasteiger partial charge in [-0.2, -0.15) is 5.10 Å². The van der Waals surface area contributed by atoms with E-state index in [9.17, 15) is 9.59 Å². The van der Waals surface area contributed by atoms with E-state index in [0.717, 1.165) is 0 Å². The number of rotatable bonds is 6. The molecule has 7 nitrogen and oxygen atoms in total. The van der Waals surface area contributed by atoms with E-state index in [2.05, 4.69) is 10.4 Å². The van der Waals surface area contributed by atoms with Crippen molar-refractivity contribution in [2.24, 2.45) is 0 Å². The number of nitrogens with two attached hydrogens (primary N) is 1. The molecule has 0 aliphatic carbocycles. The zero-order valence-electron chi connectivity index (χ0n) is 11.6. The minimum absolute atomic E-state index is 0.0598. The number of hydrogen-bond donors (Lipinski definition) is 2. The van der Waals surface area contributed by atoms with Crippen molar-refractivity contribution in [2.45, 2.75) is 33.4 Å². The fraction of sp³-hybridized carbons (Fsp3) is 0.583. The molecule has 0 bridgehead atoms. The summed E-state index contributed by atoms with van der Waals surface area (Å²) < 4.78 is 1.46. The molecule has 0 aliphatic heterocycles. The van der Waals surface area contributed by atoms with Crippen LogP contribution in [0.1, 0.15) is 20.8 Å². The van der Waals surface area contributed by atoms with Crippen LogP contribution in [0, 0.1) is 0 Å². The summed E-state index contributed by atoms with van der Waals surface area (Å²) >= 11 is 0. The van der Waals surface area contributed by atoms with Crippen LogP contribution in [0.15, 0.2) is 12.4 Å². The average molecular weight is 267 g/mol. The normalized spacial score (nSPS) is 10.5. The Kier molecular flexibility index (Phi) is 5.35. The molecule has 0 saturated carbocycles. The number of carbonyl (C=O) groups excluding carboxylic acids is 2. The highest BCUT2D eigenvalue weighted by molar-refractivity contribution is 5.84. The topological polar surface area (TPSA) is 93.2 Å². The Morgan fingerprint density at radius 1 is 1.53 bits per heavy atom. The lowest BCUT2D eigenvalue weighted by atomic mass is 10.3. The highest BCUT2D eigenvalue weighted by atomic mass is 16.2. The maximum Gasteiger partial charge on any atom is 0.244 e. The first-order valence-corrected chi connectivity index (χ1v) is 6.27. The molecule has 1 rings (SSSR count). The molecule has 1 aromatic rings. The van der Waals surface area contributed by atoms with Crippen LogP contribution in [0.3, 0.4) is 0 Å². The molecular weight excluding hydrogens is 246 g/mol. The molecular formula is C12H21N5O2. The van der Waals surface area contributed by atoms with E-state index in [-0.39, 0.29) is 30.9 Å². The van der Waals surface area contributed by atoms with Crippen LogP contribution >= 0.6 is 0 Å². The predicted octanol–water partition coefficient (Wildman–Crippen LogP) is -0.162. The summed E-state index contributed by atoms with van der Waals surface area (Å²) in [5, 5.41) is 6.70. The Balaban J connectivity index is 2.54. The zero-order chi connectivity index (χ0) is 14.4. The fourth-order valence-electron chi connectivity index (χ4n) is 1.62. The Bertz CT molecular complexity index is 441. The first-order valence-electron chi connectivity index (χ1n) is 6.27. The van der Waals surface area contributed by atoms with Gasteiger partial charge in [0.05, 0.1) is 18.4 Å².